The summed E-state index contributed by atoms with van der Waals surface area (Å²) in [5, 5.41) is 43.2. The molecule has 4 aromatic rings. The van der Waals surface area contributed by atoms with E-state index in [4.69, 9.17) is 4.55 Å². The van der Waals surface area contributed by atoms with E-state index in [2.05, 4.69) is 42.5 Å². The molecule has 452 valence electrons. The summed E-state index contributed by atoms with van der Waals surface area (Å²) in [4.78, 5) is 96.6. The number of carbonyl (C=O) groups excluding carboxylic acids is 8. The second kappa shape index (κ2) is 35.5. The highest BCUT2D eigenvalue weighted by Crippen LogP contribution is 2.48. The summed E-state index contributed by atoms with van der Waals surface area (Å²) in [6.07, 6.45) is 8.31. The molecule has 11 N–H and O–H groups in total. The van der Waals surface area contributed by atoms with Crippen molar-refractivity contribution in [2.24, 2.45) is 0 Å². The van der Waals surface area contributed by atoms with Crippen LogP contribution in [0.25, 0.3) is 22.3 Å². The highest BCUT2D eigenvalue weighted by atomic mass is 32.2. The van der Waals surface area contributed by atoms with Gasteiger partial charge in [-0.25, -0.2) is 0 Å². The molecule has 21 nitrogen and oxygen atoms in total. The average molecular weight is 1170 g/mol. The smallest absolute Gasteiger partial charge is 0.261 e. The van der Waals surface area contributed by atoms with Gasteiger partial charge in [0.1, 0.15) is 0 Å². The van der Waals surface area contributed by atoms with E-state index < -0.39 is 10.1 Å². The third-order valence-corrected chi connectivity index (χ3v) is 13.3. The molecule has 6 rings (SSSR count). The van der Waals surface area contributed by atoms with Crippen LogP contribution < -0.4 is 42.5 Å². The SMILES string of the molecule is CCCNC(=O)CCCC(=O)Nc1ccc2c(c1)C(CO)c1cc(NC(=O)CCCC(=O)NCCC)ccc1-2.CCCNC(=O)CCCC(=O)Nc1ccc2c(c1)C(CO)c1cc(NC(=O)CCCC(=O)NCCC)ccc1-2.CS(=O)(=O)O. The second-order valence-electron chi connectivity index (χ2n) is 20.4. The molecule has 0 heterocycles. The predicted molar refractivity (Wildman–Crippen MR) is 322 cm³/mol. The van der Waals surface area contributed by atoms with Crippen molar-refractivity contribution in [2.75, 3.05) is 66.9 Å². The lowest BCUT2D eigenvalue weighted by atomic mass is 9.97. The molecule has 0 aromatic heterocycles. The predicted octanol–water partition coefficient (Wildman–Crippen LogP) is 7.63. The number of aliphatic hydroxyl groups excluding tert-OH is 2. The van der Waals surface area contributed by atoms with Gasteiger partial charge in [0.05, 0.1) is 19.5 Å². The molecule has 0 saturated heterocycles. The van der Waals surface area contributed by atoms with Crippen LogP contribution in [0.1, 0.15) is 165 Å². The van der Waals surface area contributed by atoms with Gasteiger partial charge >= 0.3 is 0 Å². The minimum Gasteiger partial charge on any atom is -0.395 e. The van der Waals surface area contributed by atoms with E-state index in [1.165, 1.54) is 0 Å². The lowest BCUT2D eigenvalue weighted by molar-refractivity contribution is -0.122. The van der Waals surface area contributed by atoms with Crippen molar-refractivity contribution >= 4 is 80.1 Å². The first-order chi connectivity index (χ1) is 39.7. The molecule has 0 atom stereocenters. The van der Waals surface area contributed by atoms with Crippen LogP contribution in [0.4, 0.5) is 22.7 Å². The summed E-state index contributed by atoms with van der Waals surface area (Å²) in [5.41, 5.74) is 10.1. The number of hydrogen-bond acceptors (Lipinski definition) is 12. The Hall–Kier alpha value is -7.53. The molecule has 0 bridgehead atoms. The first-order valence-corrected chi connectivity index (χ1v) is 30.5. The van der Waals surface area contributed by atoms with Gasteiger partial charge in [0.2, 0.25) is 47.3 Å². The van der Waals surface area contributed by atoms with Crippen LogP contribution in [-0.4, -0.2) is 116 Å². The maximum Gasteiger partial charge on any atom is 0.261 e. The molecule has 22 heteroatoms. The van der Waals surface area contributed by atoms with E-state index >= 15 is 0 Å². The monoisotopic (exact) mass is 1170 g/mol. The van der Waals surface area contributed by atoms with E-state index in [1.54, 1.807) is 0 Å². The summed E-state index contributed by atoms with van der Waals surface area (Å²) >= 11 is 0. The molecule has 2 aliphatic rings. The maximum absolute atomic E-state index is 12.4. The number of anilines is 4. The molecule has 0 fully saturated rings. The molecule has 8 amide bonds. The Morgan fingerprint density at radius 2 is 0.566 bits per heavy atom. The van der Waals surface area contributed by atoms with Gasteiger partial charge in [-0.1, -0.05) is 52.0 Å². The molecular formula is C61H84N8O13S. The van der Waals surface area contributed by atoms with Crippen molar-refractivity contribution in [3.05, 3.63) is 95.1 Å². The topological polar surface area (TPSA) is 328 Å². The van der Waals surface area contributed by atoms with Crippen molar-refractivity contribution in [3.63, 3.8) is 0 Å². The third-order valence-electron chi connectivity index (χ3n) is 13.3. The van der Waals surface area contributed by atoms with E-state index in [1.807, 2.05) is 100 Å². The van der Waals surface area contributed by atoms with Gasteiger partial charge in [0.15, 0.2) is 0 Å². The zero-order chi connectivity index (χ0) is 60.9. The Morgan fingerprint density at radius 1 is 0.373 bits per heavy atom. The van der Waals surface area contributed by atoms with Crippen LogP contribution >= 0.6 is 0 Å². The number of aliphatic hydroxyl groups is 2. The average Bonchev–Trinajstić information content (AvgIpc) is 3.30. The number of carbonyl (C=O) groups is 8. The first kappa shape index (κ1) is 68.0. The van der Waals surface area contributed by atoms with Crippen molar-refractivity contribution in [2.45, 2.75) is 142 Å². The first-order valence-electron chi connectivity index (χ1n) is 28.7. The third kappa shape index (κ3) is 23.7. The second-order valence-corrected chi connectivity index (χ2v) is 21.9. The summed E-state index contributed by atoms with van der Waals surface area (Å²) in [6.45, 7) is 10.3. The number of nitrogens with one attached hydrogen (secondary N) is 8. The van der Waals surface area contributed by atoms with Crippen LogP contribution in [0.5, 0.6) is 0 Å². The minimum atomic E-state index is -3.67. The van der Waals surface area contributed by atoms with Crippen molar-refractivity contribution in [1.82, 2.24) is 21.3 Å². The van der Waals surface area contributed by atoms with Crippen molar-refractivity contribution in [1.29, 1.82) is 0 Å². The van der Waals surface area contributed by atoms with Crippen LogP contribution in [-0.2, 0) is 48.5 Å². The van der Waals surface area contributed by atoms with Crippen LogP contribution in [0.3, 0.4) is 0 Å². The fraction of sp³-hybridized carbons (Fsp3) is 0.475. The molecular weight excluding hydrogens is 1080 g/mol. The lowest BCUT2D eigenvalue weighted by Crippen LogP contribution is -2.24. The Kier molecular flexibility index (Phi) is 29.0. The molecule has 2 aliphatic carbocycles. The molecule has 0 unspecified atom stereocenters. The summed E-state index contributed by atoms with van der Waals surface area (Å²) in [5.74, 6) is -1.41. The van der Waals surface area contributed by atoms with Gasteiger partial charge < -0.3 is 52.7 Å². The minimum absolute atomic E-state index is 0.0453. The fourth-order valence-electron chi connectivity index (χ4n) is 9.37. The fourth-order valence-corrected chi connectivity index (χ4v) is 9.37. The quantitative estimate of drug-likeness (QED) is 0.0224. The van der Waals surface area contributed by atoms with Crippen molar-refractivity contribution in [3.8, 4) is 22.3 Å². The summed E-state index contributed by atoms with van der Waals surface area (Å²) in [6, 6.07) is 22.6. The highest BCUT2D eigenvalue weighted by Gasteiger charge is 2.31. The zero-order valence-corrected chi connectivity index (χ0v) is 49.3. The van der Waals surface area contributed by atoms with E-state index in [0.717, 1.165) is 70.2 Å². The van der Waals surface area contributed by atoms with Crippen LogP contribution in [0.15, 0.2) is 72.8 Å². The van der Waals surface area contributed by atoms with E-state index in [0.29, 0.717) is 107 Å². The van der Waals surface area contributed by atoms with Gasteiger partial charge in [-0.3, -0.25) is 42.9 Å². The molecule has 4 aromatic carbocycles. The largest absolute Gasteiger partial charge is 0.395 e. The van der Waals surface area contributed by atoms with E-state index in [9.17, 15) is 57.0 Å². The van der Waals surface area contributed by atoms with Gasteiger partial charge in [-0.15, -0.1) is 0 Å². The summed E-state index contributed by atoms with van der Waals surface area (Å²) in [7, 11) is -3.67. The standard InChI is InChI=1S/2C30H40N4O5.CH4O3S/c2*1-3-15-31-27(36)7-5-9-29(38)33-20-11-13-22-23-14-12-21(18-25(23)26(19-35)24(22)17-20)34-30(39)10-6-8-28(37)32-16-4-2;1-5(2,3)4/h2*11-14,17-18,26,35H,3-10,15-16,19H2,1-2H3,(H,31,36)(H,32,37)(H,33,38)(H,34,39);1H3,(H,2,3,4). The number of benzene rings is 4. The maximum atomic E-state index is 12.4. The number of amides is 8. The van der Waals surface area contributed by atoms with Crippen LogP contribution in [0.2, 0.25) is 0 Å². The number of rotatable bonds is 30. The Morgan fingerprint density at radius 3 is 0.747 bits per heavy atom. The summed E-state index contributed by atoms with van der Waals surface area (Å²) < 4.78 is 25.9. The van der Waals surface area contributed by atoms with Gasteiger partial charge in [-0.2, -0.15) is 8.42 Å². The normalized spacial score (nSPS) is 11.9. The van der Waals surface area contributed by atoms with Crippen LogP contribution in [0, 0.1) is 0 Å². The lowest BCUT2D eigenvalue weighted by Gasteiger charge is -2.13. The molecule has 83 heavy (non-hydrogen) atoms. The number of fused-ring (bicyclic) bond motifs is 6. The molecule has 0 spiro atoms. The Bertz CT molecular complexity index is 2620. The molecule has 0 saturated carbocycles. The number of hydrogen-bond donors (Lipinski definition) is 11. The van der Waals surface area contributed by atoms with Gasteiger partial charge in [0.25, 0.3) is 10.1 Å². The Balaban J connectivity index is 0.000000329. The highest BCUT2D eigenvalue weighted by molar-refractivity contribution is 7.85. The van der Waals surface area contributed by atoms with Crippen molar-refractivity contribution < 1.29 is 61.5 Å². The van der Waals surface area contributed by atoms with Gasteiger partial charge in [-0.05, 0) is 144 Å². The molecule has 0 aliphatic heterocycles. The Labute approximate surface area is 487 Å². The molecule has 0 radical (unpaired) electrons. The zero-order valence-electron chi connectivity index (χ0n) is 48.5. The van der Waals surface area contributed by atoms with E-state index in [-0.39, 0.29) is 98.0 Å². The van der Waals surface area contributed by atoms with Gasteiger partial charge in [0, 0.05) is 112 Å².